The average Bonchev–Trinajstić information content (AvgIpc) is 2.80. The Morgan fingerprint density at radius 1 is 1.08 bits per heavy atom. The van der Waals surface area contributed by atoms with E-state index in [2.05, 4.69) is 5.48 Å². The highest BCUT2D eigenvalue weighted by Gasteiger charge is 2.32. The van der Waals surface area contributed by atoms with Gasteiger partial charge in [-0.25, -0.2) is 9.59 Å². The van der Waals surface area contributed by atoms with Crippen LogP contribution in [-0.4, -0.2) is 34.4 Å². The second kappa shape index (κ2) is 12.7. The van der Waals surface area contributed by atoms with Gasteiger partial charge < -0.3 is 9.47 Å². The predicted octanol–water partition coefficient (Wildman–Crippen LogP) is 4.11. The molecule has 0 heterocycles. The molecule has 0 aliphatic rings. The Morgan fingerprint density at radius 2 is 1.72 bits per heavy atom. The van der Waals surface area contributed by atoms with E-state index < -0.39 is 40.3 Å². The predicted molar refractivity (Wildman–Crippen MR) is 130 cm³/mol. The molecule has 0 unspecified atom stereocenters. The molecule has 1 atom stereocenters. The molecule has 0 radical (unpaired) electrons. The van der Waals surface area contributed by atoms with Crippen molar-refractivity contribution in [2.45, 2.75) is 58.8 Å². The first-order valence-electron chi connectivity index (χ1n) is 11.2. The summed E-state index contributed by atoms with van der Waals surface area (Å²) in [7, 11) is 0. The molecule has 0 aliphatic carbocycles. The summed E-state index contributed by atoms with van der Waals surface area (Å²) < 4.78 is 10.6. The zero-order valence-electron chi connectivity index (χ0n) is 20.7. The maximum Gasteiger partial charge on any atom is 0.331 e. The van der Waals surface area contributed by atoms with Crippen molar-refractivity contribution in [2.24, 2.45) is 5.41 Å². The number of nitro benzene ring substituents is 1. The van der Waals surface area contributed by atoms with E-state index in [1.54, 1.807) is 31.9 Å². The fourth-order valence-electron chi connectivity index (χ4n) is 3.53. The van der Waals surface area contributed by atoms with Gasteiger partial charge >= 0.3 is 11.9 Å². The van der Waals surface area contributed by atoms with Crippen LogP contribution in [0.15, 0.2) is 60.7 Å². The number of carbonyl (C=O) groups excluding carboxylic acids is 3. The molecule has 10 nitrogen and oxygen atoms in total. The van der Waals surface area contributed by atoms with Gasteiger partial charge in [0.25, 0.3) is 5.69 Å². The Balaban J connectivity index is 2.10. The first-order chi connectivity index (χ1) is 16.9. The first-order valence-corrected chi connectivity index (χ1v) is 11.2. The zero-order chi connectivity index (χ0) is 26.8. The molecule has 0 aliphatic heterocycles. The number of hydroxylamine groups is 1. The molecule has 0 saturated carbocycles. The molecule has 0 amide bonds. The quantitative estimate of drug-likeness (QED) is 0.142. The number of carbonyl (C=O) groups is 2. The van der Waals surface area contributed by atoms with Crippen molar-refractivity contribution < 1.29 is 33.6 Å². The number of esters is 2. The van der Waals surface area contributed by atoms with Gasteiger partial charge in [0, 0.05) is 18.2 Å². The smallest absolute Gasteiger partial charge is 0.331 e. The lowest BCUT2D eigenvalue weighted by atomic mass is 9.82. The second-order valence-corrected chi connectivity index (χ2v) is 9.48. The minimum absolute atomic E-state index is 0.0301. The van der Waals surface area contributed by atoms with E-state index in [0.717, 1.165) is 5.56 Å². The van der Waals surface area contributed by atoms with Gasteiger partial charge in [-0.15, -0.1) is 0 Å². The molecule has 2 rings (SSSR count). The average molecular weight is 499 g/mol. The topological polar surface area (TPSA) is 134 Å². The Labute approximate surface area is 209 Å². The molecule has 2 aromatic carbocycles. The summed E-state index contributed by atoms with van der Waals surface area (Å²) in [5.41, 5.74) is 1.85. The SMILES string of the molecule is CC(C)(C=C=O)CC(C)(C)ON[C@@H](CC(=O)OCc1ccccc1)C(=O)Oc1ccc([N+](=O)[O-])cc1. The van der Waals surface area contributed by atoms with Crippen LogP contribution in [0.3, 0.4) is 0 Å². The van der Waals surface area contributed by atoms with Gasteiger partial charge in [0.2, 0.25) is 0 Å². The van der Waals surface area contributed by atoms with E-state index in [4.69, 9.17) is 14.3 Å². The van der Waals surface area contributed by atoms with Gasteiger partial charge in [-0.1, -0.05) is 44.2 Å². The normalized spacial score (nSPS) is 12.2. The summed E-state index contributed by atoms with van der Waals surface area (Å²) in [6.07, 6.45) is 1.39. The fraction of sp³-hybridized carbons (Fsp3) is 0.385. The van der Waals surface area contributed by atoms with Crippen molar-refractivity contribution in [2.75, 3.05) is 0 Å². The van der Waals surface area contributed by atoms with Crippen LogP contribution in [0.5, 0.6) is 5.75 Å². The van der Waals surface area contributed by atoms with Crippen molar-refractivity contribution in [1.82, 2.24) is 5.48 Å². The van der Waals surface area contributed by atoms with Gasteiger partial charge in [-0.2, -0.15) is 5.48 Å². The number of allylic oxidation sites excluding steroid dienone is 1. The molecule has 0 fully saturated rings. The monoisotopic (exact) mass is 498 g/mol. The standard InChI is InChI=1S/C26H30N2O8/c1-25(2,14-15-29)18-26(3,4)36-27-22(16-23(30)34-17-19-8-6-5-7-9-19)24(31)35-21-12-10-20(11-13-21)28(32)33/h5-14,22,27H,16-18H2,1-4H3/t22-/m0/s1. The summed E-state index contributed by atoms with van der Waals surface area (Å²) in [6.45, 7) is 7.22. The molecule has 36 heavy (non-hydrogen) atoms. The van der Waals surface area contributed by atoms with E-state index in [1.807, 2.05) is 32.0 Å². The highest BCUT2D eigenvalue weighted by atomic mass is 16.7. The minimum Gasteiger partial charge on any atom is -0.461 e. The van der Waals surface area contributed by atoms with Crippen LogP contribution >= 0.6 is 0 Å². The van der Waals surface area contributed by atoms with E-state index >= 15 is 0 Å². The lowest BCUT2D eigenvalue weighted by Crippen LogP contribution is -2.46. The summed E-state index contributed by atoms with van der Waals surface area (Å²) in [5, 5.41) is 10.8. The Hall–Kier alpha value is -3.85. The number of nitro groups is 1. The highest BCUT2D eigenvalue weighted by molar-refractivity contribution is 5.84. The molecule has 0 aromatic heterocycles. The van der Waals surface area contributed by atoms with Crippen LogP contribution in [0.1, 0.15) is 46.1 Å². The molecular weight excluding hydrogens is 468 g/mol. The number of nitrogens with one attached hydrogen (secondary N) is 1. The van der Waals surface area contributed by atoms with Crippen LogP contribution in [0.2, 0.25) is 0 Å². The second-order valence-electron chi connectivity index (χ2n) is 9.48. The van der Waals surface area contributed by atoms with Crippen LogP contribution in [0.25, 0.3) is 0 Å². The largest absolute Gasteiger partial charge is 0.461 e. The van der Waals surface area contributed by atoms with Gasteiger partial charge in [-0.05, 0) is 43.4 Å². The molecule has 10 heteroatoms. The van der Waals surface area contributed by atoms with E-state index in [0.29, 0.717) is 6.42 Å². The van der Waals surface area contributed by atoms with Crippen molar-refractivity contribution in [3.63, 3.8) is 0 Å². The lowest BCUT2D eigenvalue weighted by Gasteiger charge is -2.33. The molecular formula is C26H30N2O8. The van der Waals surface area contributed by atoms with Crippen LogP contribution in [0.4, 0.5) is 5.69 Å². The first kappa shape index (κ1) is 28.4. The number of ether oxygens (including phenoxy) is 2. The Kier molecular flexibility index (Phi) is 10.0. The van der Waals surface area contributed by atoms with Crippen molar-refractivity contribution in [3.8, 4) is 5.75 Å². The molecule has 2 aromatic rings. The van der Waals surface area contributed by atoms with Crippen LogP contribution in [-0.2, 0) is 30.6 Å². The summed E-state index contributed by atoms with van der Waals surface area (Å²) in [4.78, 5) is 52.2. The fourth-order valence-corrected chi connectivity index (χ4v) is 3.53. The Morgan fingerprint density at radius 3 is 2.31 bits per heavy atom. The van der Waals surface area contributed by atoms with Gasteiger partial charge in [-0.3, -0.25) is 19.7 Å². The summed E-state index contributed by atoms with van der Waals surface area (Å²) >= 11 is 0. The number of hydrogen-bond donors (Lipinski definition) is 1. The molecule has 0 spiro atoms. The number of benzene rings is 2. The van der Waals surface area contributed by atoms with Crippen LogP contribution in [0, 0.1) is 15.5 Å². The van der Waals surface area contributed by atoms with Gasteiger partial charge in [0.05, 0.1) is 16.9 Å². The maximum absolute atomic E-state index is 12.9. The Bertz CT molecular complexity index is 1090. The van der Waals surface area contributed by atoms with E-state index in [-0.39, 0.29) is 18.0 Å². The number of non-ortho nitro benzene ring substituents is 1. The summed E-state index contributed by atoms with van der Waals surface area (Å²) in [6, 6.07) is 12.8. The van der Waals surface area contributed by atoms with Gasteiger partial charge in [0.1, 0.15) is 24.3 Å². The zero-order valence-corrected chi connectivity index (χ0v) is 20.7. The third-order valence-corrected chi connectivity index (χ3v) is 4.97. The number of nitrogens with zero attached hydrogens (tertiary/aromatic N) is 1. The van der Waals surface area contributed by atoms with Gasteiger partial charge in [0.15, 0.2) is 0 Å². The third kappa shape index (κ3) is 9.79. The van der Waals surface area contributed by atoms with E-state index in [9.17, 15) is 24.5 Å². The maximum atomic E-state index is 12.9. The van der Waals surface area contributed by atoms with Crippen molar-refractivity contribution >= 4 is 23.6 Å². The van der Waals surface area contributed by atoms with Crippen molar-refractivity contribution in [3.05, 3.63) is 76.4 Å². The molecule has 192 valence electrons. The van der Waals surface area contributed by atoms with E-state index in [1.165, 1.54) is 30.3 Å². The summed E-state index contributed by atoms with van der Waals surface area (Å²) in [5.74, 6) is 0.330. The number of hydrogen-bond acceptors (Lipinski definition) is 9. The lowest BCUT2D eigenvalue weighted by molar-refractivity contribution is -0.384. The molecule has 1 N–H and O–H groups in total. The molecule has 0 bridgehead atoms. The third-order valence-electron chi connectivity index (χ3n) is 4.97. The van der Waals surface area contributed by atoms with Crippen LogP contribution < -0.4 is 10.2 Å². The highest BCUT2D eigenvalue weighted by Crippen LogP contribution is 2.30. The van der Waals surface area contributed by atoms with Crippen molar-refractivity contribution in [1.29, 1.82) is 0 Å². The molecule has 0 saturated heterocycles. The number of rotatable bonds is 13. The minimum atomic E-state index is -1.24.